The lowest BCUT2D eigenvalue weighted by Gasteiger charge is -2.27. The summed E-state index contributed by atoms with van der Waals surface area (Å²) < 4.78 is 2.32. The van der Waals surface area contributed by atoms with E-state index in [1.165, 1.54) is 33.5 Å². The van der Waals surface area contributed by atoms with Crippen LogP contribution in [0.5, 0.6) is 0 Å². The monoisotopic (exact) mass is 453 g/mol. The Bertz CT molecular complexity index is 1230. The fourth-order valence-corrected chi connectivity index (χ4v) is 4.33. The zero-order valence-electron chi connectivity index (χ0n) is 19.6. The van der Waals surface area contributed by atoms with Crippen molar-refractivity contribution in [3.05, 3.63) is 125 Å². The Kier molecular flexibility index (Phi) is 7.26. The van der Waals surface area contributed by atoms with Crippen LogP contribution < -0.4 is 5.32 Å². The van der Waals surface area contributed by atoms with Gasteiger partial charge in [0.25, 0.3) is 0 Å². The minimum absolute atomic E-state index is 0.726. The molecule has 0 unspecified atom stereocenters. The third kappa shape index (κ3) is 6.11. The quantitative estimate of drug-likeness (QED) is 0.309. The van der Waals surface area contributed by atoms with Crippen LogP contribution in [0, 0.1) is 20.8 Å². The summed E-state index contributed by atoms with van der Waals surface area (Å²) in [5, 5.41) is 4.17. The molecule has 1 N–H and O–H groups in total. The molecule has 1 aromatic heterocycles. The normalized spacial score (nSPS) is 10.8. The first-order chi connectivity index (χ1) is 16.0. The Morgan fingerprint density at radius 2 is 1.61 bits per heavy atom. The highest BCUT2D eigenvalue weighted by Crippen LogP contribution is 2.18. The molecular formula is C29H31N3S. The molecule has 0 saturated heterocycles. The molecule has 0 amide bonds. The van der Waals surface area contributed by atoms with Gasteiger partial charge in [-0.1, -0.05) is 66.2 Å². The second kappa shape index (κ2) is 10.5. The lowest BCUT2D eigenvalue weighted by Crippen LogP contribution is -2.34. The van der Waals surface area contributed by atoms with Crippen molar-refractivity contribution in [2.75, 3.05) is 5.32 Å². The molecular weight excluding hydrogens is 422 g/mol. The van der Waals surface area contributed by atoms with Gasteiger partial charge in [-0.2, -0.15) is 0 Å². The molecule has 0 aliphatic carbocycles. The first-order valence-electron chi connectivity index (χ1n) is 11.3. The van der Waals surface area contributed by atoms with E-state index in [4.69, 9.17) is 12.2 Å². The maximum absolute atomic E-state index is 5.89. The minimum atomic E-state index is 0.726. The molecule has 4 aromatic rings. The third-order valence-electron chi connectivity index (χ3n) is 5.89. The van der Waals surface area contributed by atoms with Crippen LogP contribution in [0.25, 0.3) is 0 Å². The van der Waals surface area contributed by atoms with E-state index >= 15 is 0 Å². The number of benzene rings is 3. The summed E-state index contributed by atoms with van der Waals surface area (Å²) >= 11 is 5.89. The van der Waals surface area contributed by atoms with Crippen molar-refractivity contribution >= 4 is 23.0 Å². The molecule has 0 bridgehead atoms. The maximum atomic E-state index is 5.89. The second-order valence-electron chi connectivity index (χ2n) is 8.70. The van der Waals surface area contributed by atoms with Gasteiger partial charge >= 0.3 is 0 Å². The summed E-state index contributed by atoms with van der Waals surface area (Å²) in [6.45, 7) is 8.74. The molecule has 4 rings (SSSR count). The third-order valence-corrected chi connectivity index (χ3v) is 6.25. The van der Waals surface area contributed by atoms with E-state index in [1.54, 1.807) is 0 Å². The number of aryl methyl sites for hydroxylation is 3. The average molecular weight is 454 g/mol. The van der Waals surface area contributed by atoms with Crippen LogP contribution in [0.3, 0.4) is 0 Å². The first kappa shape index (κ1) is 22.8. The predicted octanol–water partition coefficient (Wildman–Crippen LogP) is 6.86. The Hall–Kier alpha value is -3.37. The first-order valence-corrected chi connectivity index (χ1v) is 11.8. The van der Waals surface area contributed by atoms with Gasteiger partial charge in [-0.25, -0.2) is 0 Å². The van der Waals surface area contributed by atoms with E-state index in [-0.39, 0.29) is 0 Å². The highest BCUT2D eigenvalue weighted by atomic mass is 32.1. The van der Waals surface area contributed by atoms with Crippen molar-refractivity contribution in [2.45, 2.75) is 40.4 Å². The van der Waals surface area contributed by atoms with Gasteiger partial charge < -0.3 is 14.8 Å². The Morgan fingerprint density at radius 3 is 2.36 bits per heavy atom. The summed E-state index contributed by atoms with van der Waals surface area (Å²) in [5.74, 6) is 0. The lowest BCUT2D eigenvalue weighted by atomic mass is 10.1. The van der Waals surface area contributed by atoms with Crippen molar-refractivity contribution in [1.82, 2.24) is 9.47 Å². The van der Waals surface area contributed by atoms with Crippen molar-refractivity contribution in [1.29, 1.82) is 0 Å². The molecule has 1 heterocycles. The smallest absolute Gasteiger partial charge is 0.174 e. The van der Waals surface area contributed by atoms with Crippen LogP contribution >= 0.6 is 12.2 Å². The van der Waals surface area contributed by atoms with Crippen molar-refractivity contribution < 1.29 is 0 Å². The van der Waals surface area contributed by atoms with Gasteiger partial charge in [-0.3, -0.25) is 0 Å². The van der Waals surface area contributed by atoms with Crippen LogP contribution in [0.1, 0.15) is 33.5 Å². The molecule has 4 heteroatoms. The van der Waals surface area contributed by atoms with Gasteiger partial charge in [0.2, 0.25) is 0 Å². The summed E-state index contributed by atoms with van der Waals surface area (Å²) in [7, 11) is 0. The van der Waals surface area contributed by atoms with Crippen molar-refractivity contribution in [3.8, 4) is 0 Å². The highest BCUT2D eigenvalue weighted by Gasteiger charge is 2.14. The van der Waals surface area contributed by atoms with E-state index in [0.717, 1.165) is 30.4 Å². The lowest BCUT2D eigenvalue weighted by molar-refractivity contribution is 0.399. The van der Waals surface area contributed by atoms with E-state index in [0.29, 0.717) is 0 Å². The highest BCUT2D eigenvalue weighted by molar-refractivity contribution is 7.80. The molecule has 0 fully saturated rings. The number of anilines is 1. The molecule has 0 saturated carbocycles. The average Bonchev–Trinajstić information content (AvgIpc) is 3.22. The van der Waals surface area contributed by atoms with Gasteiger partial charge in [0, 0.05) is 30.7 Å². The SMILES string of the molecule is Cc1cccc(NC(=S)N(Cc2ccccc2)Cc2cccn2Cc2ccc(C)cc2C)c1. The van der Waals surface area contributed by atoms with E-state index in [1.807, 2.05) is 6.07 Å². The Balaban J connectivity index is 1.56. The number of nitrogens with one attached hydrogen (secondary N) is 1. The van der Waals surface area contributed by atoms with Gasteiger partial charge in [-0.15, -0.1) is 0 Å². The Morgan fingerprint density at radius 1 is 0.818 bits per heavy atom. The number of nitrogens with zero attached hydrogens (tertiary/aromatic N) is 2. The molecule has 3 nitrogen and oxygen atoms in total. The molecule has 0 radical (unpaired) electrons. The van der Waals surface area contributed by atoms with Crippen LogP contribution in [0.15, 0.2) is 91.1 Å². The topological polar surface area (TPSA) is 20.2 Å². The summed E-state index contributed by atoms with van der Waals surface area (Å²) in [6.07, 6.45) is 2.16. The van der Waals surface area contributed by atoms with Gasteiger partial charge in [0.1, 0.15) is 0 Å². The largest absolute Gasteiger partial charge is 0.345 e. The van der Waals surface area contributed by atoms with Gasteiger partial charge in [0.05, 0.1) is 6.54 Å². The van der Waals surface area contributed by atoms with Gasteiger partial charge in [0.15, 0.2) is 5.11 Å². The van der Waals surface area contributed by atoms with Crippen LogP contribution in [0.2, 0.25) is 0 Å². The van der Waals surface area contributed by atoms with E-state index < -0.39 is 0 Å². The zero-order valence-corrected chi connectivity index (χ0v) is 20.4. The standard InChI is InChI=1S/C29H31N3S/c1-22-9-7-12-27(18-22)30-29(33)32(19-25-10-5-4-6-11-25)21-28-13-8-16-31(28)20-26-15-14-23(2)17-24(26)3/h4-18H,19-21H2,1-3H3,(H,30,33). The number of aromatic nitrogens is 1. The second-order valence-corrected chi connectivity index (χ2v) is 9.09. The number of thiocarbonyl (C=S) groups is 1. The fourth-order valence-electron chi connectivity index (χ4n) is 4.08. The number of rotatable bonds is 7. The van der Waals surface area contributed by atoms with Crippen LogP contribution in [-0.2, 0) is 19.6 Å². The minimum Gasteiger partial charge on any atom is -0.345 e. The summed E-state index contributed by atoms with van der Waals surface area (Å²) in [4.78, 5) is 2.24. The van der Waals surface area contributed by atoms with Gasteiger partial charge in [-0.05, 0) is 79.5 Å². The fraction of sp³-hybridized carbons (Fsp3) is 0.207. The molecule has 0 aliphatic rings. The molecule has 33 heavy (non-hydrogen) atoms. The van der Waals surface area contributed by atoms with Crippen molar-refractivity contribution in [2.24, 2.45) is 0 Å². The van der Waals surface area contributed by atoms with E-state index in [2.05, 4.69) is 121 Å². The molecule has 0 aliphatic heterocycles. The Labute approximate surface area is 202 Å². The van der Waals surface area contributed by atoms with Crippen molar-refractivity contribution in [3.63, 3.8) is 0 Å². The number of hydrogen-bond donors (Lipinski definition) is 1. The molecule has 0 atom stereocenters. The molecule has 168 valence electrons. The maximum Gasteiger partial charge on any atom is 0.174 e. The zero-order chi connectivity index (χ0) is 23.2. The summed E-state index contributed by atoms with van der Waals surface area (Å²) in [5.41, 5.74) is 8.66. The number of hydrogen-bond acceptors (Lipinski definition) is 1. The molecule has 3 aromatic carbocycles. The summed E-state index contributed by atoms with van der Waals surface area (Å²) in [6, 6.07) is 29.8. The van der Waals surface area contributed by atoms with Crippen LogP contribution in [-0.4, -0.2) is 14.6 Å². The molecule has 0 spiro atoms. The van der Waals surface area contributed by atoms with E-state index in [9.17, 15) is 0 Å². The van der Waals surface area contributed by atoms with Crippen LogP contribution in [0.4, 0.5) is 5.69 Å². The predicted molar refractivity (Wildman–Crippen MR) is 143 cm³/mol.